The topological polar surface area (TPSA) is 140 Å². The molecule has 3 N–H and O–H groups in total. The Hall–Kier alpha value is -5.96. The molecule has 0 bridgehead atoms. The summed E-state index contributed by atoms with van der Waals surface area (Å²) in [7, 11) is -1.51. The standard InChI is InChI=1S/C50H58BN7O6/c1-2-43(36-6-4-3-5-7-36)47(37-8-12-40(13-9-37)51(63)64)38-10-14-41(15-11-38)54-28-30-57(31-29-54)50(62)56-22-20-35(21-23-56)33-53-24-26-55(27-25-53)42-16-17-44-39(32-42)34-58(49(44)61)45-18-19-46(59)52-48(45)60/h3-17,32,35,45,63-64H,2,18-31,33-34H2,1H3,(H,52,59,60)/b47-43+. The average molecular weight is 864 g/mol. The van der Waals surface area contributed by atoms with Crippen molar-refractivity contribution in [2.45, 2.75) is 51.6 Å². The molecule has 5 heterocycles. The SMILES string of the molecule is CC/C(=C(/c1ccc(B(O)O)cc1)c1ccc(N2CCN(C(=O)N3CCC(CN4CCN(c5ccc6c(c5)CN(C5CCC(=O)NC5=O)C6=O)CC4)CC3)CC2)cc1)c1ccccc1. The van der Waals surface area contributed by atoms with Crippen LogP contribution >= 0.6 is 0 Å². The van der Waals surface area contributed by atoms with E-state index in [9.17, 15) is 29.2 Å². The van der Waals surface area contributed by atoms with E-state index < -0.39 is 13.2 Å². The van der Waals surface area contributed by atoms with E-state index in [1.54, 1.807) is 17.0 Å². The Kier molecular flexibility index (Phi) is 12.9. The van der Waals surface area contributed by atoms with Gasteiger partial charge in [0.15, 0.2) is 0 Å². The maximum atomic E-state index is 13.7. The number of piperazine rings is 2. The Morgan fingerprint density at radius 2 is 1.30 bits per heavy atom. The molecule has 4 saturated heterocycles. The maximum Gasteiger partial charge on any atom is 0.488 e. The molecule has 0 saturated carbocycles. The Morgan fingerprint density at radius 1 is 0.688 bits per heavy atom. The van der Waals surface area contributed by atoms with Gasteiger partial charge in [0.25, 0.3) is 5.91 Å². The van der Waals surface area contributed by atoms with E-state index >= 15 is 0 Å². The van der Waals surface area contributed by atoms with Crippen LogP contribution in [0.15, 0.2) is 97.1 Å². The molecule has 1 unspecified atom stereocenters. The number of carbonyl (C=O) groups excluding carboxylic acids is 4. The van der Waals surface area contributed by atoms with Crippen LogP contribution in [0.1, 0.15) is 71.6 Å². The van der Waals surface area contributed by atoms with Gasteiger partial charge in [0.05, 0.1) is 0 Å². The molecule has 0 radical (unpaired) electrons. The highest BCUT2D eigenvalue weighted by Crippen LogP contribution is 2.36. The van der Waals surface area contributed by atoms with Gasteiger partial charge in [-0.25, -0.2) is 4.79 Å². The van der Waals surface area contributed by atoms with Gasteiger partial charge in [-0.3, -0.25) is 24.6 Å². The minimum Gasteiger partial charge on any atom is -0.423 e. The first kappa shape index (κ1) is 43.3. The fourth-order valence-electron chi connectivity index (χ4n) is 10.3. The van der Waals surface area contributed by atoms with Crippen LogP contribution in [0.25, 0.3) is 11.1 Å². The summed E-state index contributed by atoms with van der Waals surface area (Å²) < 4.78 is 0. The van der Waals surface area contributed by atoms with E-state index in [4.69, 9.17) is 0 Å². The van der Waals surface area contributed by atoms with Crippen LogP contribution in [-0.2, 0) is 16.1 Å². The third kappa shape index (κ3) is 9.18. The number of imide groups is 1. The summed E-state index contributed by atoms with van der Waals surface area (Å²) in [6, 6.07) is 32.1. The Balaban J connectivity index is 0.737. The third-order valence-corrected chi connectivity index (χ3v) is 14.0. The zero-order chi connectivity index (χ0) is 44.3. The molecule has 0 aliphatic carbocycles. The van der Waals surface area contributed by atoms with Gasteiger partial charge in [-0.2, -0.15) is 0 Å². The lowest BCUT2D eigenvalue weighted by molar-refractivity contribution is -0.136. The van der Waals surface area contributed by atoms with Crippen molar-refractivity contribution in [1.82, 2.24) is 24.9 Å². The number of piperidine rings is 2. The predicted molar refractivity (Wildman–Crippen MR) is 250 cm³/mol. The second-order valence-electron chi connectivity index (χ2n) is 17.8. The lowest BCUT2D eigenvalue weighted by Crippen LogP contribution is -2.54. The highest BCUT2D eigenvalue weighted by atomic mass is 16.4. The number of allylic oxidation sites excluding steroid dienone is 1. The minimum absolute atomic E-state index is 0.143. The number of likely N-dealkylation sites (tertiary alicyclic amines) is 1. The first-order valence-corrected chi connectivity index (χ1v) is 23.0. The molecule has 1 atom stereocenters. The fraction of sp³-hybridized carbons (Fsp3) is 0.400. The molecule has 64 heavy (non-hydrogen) atoms. The smallest absolute Gasteiger partial charge is 0.423 e. The molecule has 332 valence electrons. The van der Waals surface area contributed by atoms with Crippen LogP contribution in [0.4, 0.5) is 16.2 Å². The fourth-order valence-corrected chi connectivity index (χ4v) is 10.3. The van der Waals surface area contributed by atoms with Gasteiger partial charge >= 0.3 is 13.1 Å². The normalized spacial score (nSPS) is 20.3. The van der Waals surface area contributed by atoms with Gasteiger partial charge in [-0.1, -0.05) is 73.7 Å². The van der Waals surface area contributed by atoms with Crippen LogP contribution in [0.2, 0.25) is 0 Å². The van der Waals surface area contributed by atoms with Gasteiger partial charge in [0.2, 0.25) is 11.8 Å². The molecule has 4 aromatic carbocycles. The Labute approximate surface area is 376 Å². The summed E-state index contributed by atoms with van der Waals surface area (Å²) in [6.07, 6.45) is 3.46. The van der Waals surface area contributed by atoms with Crippen molar-refractivity contribution in [2.24, 2.45) is 5.92 Å². The van der Waals surface area contributed by atoms with Gasteiger partial charge < -0.3 is 34.5 Å². The lowest BCUT2D eigenvalue weighted by atomic mass is 9.79. The van der Waals surface area contributed by atoms with Gasteiger partial charge in [0.1, 0.15) is 6.04 Å². The Bertz CT molecular complexity index is 2370. The number of urea groups is 1. The van der Waals surface area contributed by atoms with Gasteiger partial charge in [-0.05, 0) is 101 Å². The molecule has 0 spiro atoms. The summed E-state index contributed by atoms with van der Waals surface area (Å²) in [5, 5.41) is 21.8. The largest absolute Gasteiger partial charge is 0.488 e. The van der Waals surface area contributed by atoms with Crippen molar-refractivity contribution in [1.29, 1.82) is 0 Å². The molecular weight excluding hydrogens is 805 g/mol. The summed E-state index contributed by atoms with van der Waals surface area (Å²) in [4.78, 5) is 64.0. The number of amides is 5. The quantitative estimate of drug-likeness (QED) is 0.121. The number of fused-ring (bicyclic) bond motifs is 1. The number of benzene rings is 4. The van der Waals surface area contributed by atoms with E-state index in [1.807, 2.05) is 35.2 Å². The molecule has 4 aromatic rings. The van der Waals surface area contributed by atoms with Crippen molar-refractivity contribution >= 4 is 58.9 Å². The molecular formula is C50H58BN7O6. The maximum absolute atomic E-state index is 13.7. The van der Waals surface area contributed by atoms with Crippen molar-refractivity contribution < 1.29 is 29.2 Å². The predicted octanol–water partition coefficient (Wildman–Crippen LogP) is 4.27. The highest BCUT2D eigenvalue weighted by Gasteiger charge is 2.39. The van der Waals surface area contributed by atoms with Crippen molar-refractivity contribution in [3.8, 4) is 0 Å². The van der Waals surface area contributed by atoms with Gasteiger partial charge in [0, 0.05) is 102 Å². The first-order valence-electron chi connectivity index (χ1n) is 23.0. The minimum atomic E-state index is -1.51. The van der Waals surface area contributed by atoms with E-state index in [0.29, 0.717) is 43.0 Å². The Morgan fingerprint density at radius 3 is 1.94 bits per heavy atom. The number of nitrogens with one attached hydrogen (secondary N) is 1. The number of nitrogens with zero attached hydrogens (tertiary/aromatic N) is 6. The number of anilines is 2. The van der Waals surface area contributed by atoms with Crippen molar-refractivity contribution in [3.05, 3.63) is 125 Å². The van der Waals surface area contributed by atoms with Crippen LogP contribution in [0.3, 0.4) is 0 Å². The average Bonchev–Trinajstić information content (AvgIpc) is 3.66. The second kappa shape index (κ2) is 19.0. The molecule has 13 nitrogen and oxygen atoms in total. The van der Waals surface area contributed by atoms with E-state index in [1.165, 1.54) is 5.57 Å². The molecule has 5 amide bonds. The molecule has 9 rings (SSSR count). The number of carbonyl (C=O) groups is 4. The summed E-state index contributed by atoms with van der Waals surface area (Å²) in [6.45, 7) is 11.8. The summed E-state index contributed by atoms with van der Waals surface area (Å²) in [5.74, 6) is -0.253. The molecule has 4 fully saturated rings. The molecule has 5 aliphatic heterocycles. The van der Waals surface area contributed by atoms with Crippen LogP contribution < -0.4 is 20.6 Å². The van der Waals surface area contributed by atoms with E-state index in [0.717, 1.165) is 117 Å². The molecule has 0 aromatic heterocycles. The molecule has 5 aliphatic rings. The third-order valence-electron chi connectivity index (χ3n) is 14.0. The van der Waals surface area contributed by atoms with Crippen molar-refractivity contribution in [3.63, 3.8) is 0 Å². The summed E-state index contributed by atoms with van der Waals surface area (Å²) in [5.41, 5.74) is 9.88. The lowest BCUT2D eigenvalue weighted by Gasteiger charge is -2.42. The van der Waals surface area contributed by atoms with Crippen LogP contribution in [-0.4, -0.2) is 139 Å². The second-order valence-corrected chi connectivity index (χ2v) is 17.8. The van der Waals surface area contributed by atoms with E-state index in [-0.39, 0.29) is 30.2 Å². The highest BCUT2D eigenvalue weighted by molar-refractivity contribution is 6.58. The van der Waals surface area contributed by atoms with Crippen molar-refractivity contribution in [2.75, 3.05) is 81.8 Å². The monoisotopic (exact) mass is 863 g/mol. The van der Waals surface area contributed by atoms with Gasteiger partial charge in [-0.15, -0.1) is 0 Å². The first-order chi connectivity index (χ1) is 31.1. The number of rotatable bonds is 10. The van der Waals surface area contributed by atoms with Crippen LogP contribution in [0.5, 0.6) is 0 Å². The summed E-state index contributed by atoms with van der Waals surface area (Å²) >= 11 is 0. The number of hydrogen-bond acceptors (Lipinski definition) is 9. The molecule has 14 heteroatoms. The van der Waals surface area contributed by atoms with Crippen LogP contribution in [0, 0.1) is 5.92 Å². The zero-order valence-corrected chi connectivity index (χ0v) is 36.7. The number of hydrogen-bond donors (Lipinski definition) is 3. The van der Waals surface area contributed by atoms with E-state index in [2.05, 4.69) is 86.4 Å². The zero-order valence-electron chi connectivity index (χ0n) is 36.7.